The van der Waals surface area contributed by atoms with Crippen molar-refractivity contribution >= 4 is 18.4 Å². The molecule has 4 N–H and O–H groups in total. The van der Waals surface area contributed by atoms with Gasteiger partial charge >= 0.3 is 0 Å². The van der Waals surface area contributed by atoms with E-state index < -0.39 is 0 Å². The molecule has 9 nitrogen and oxygen atoms in total. The van der Waals surface area contributed by atoms with E-state index in [4.69, 9.17) is 0 Å². The molecule has 0 atom stereocenters. The van der Waals surface area contributed by atoms with Gasteiger partial charge in [0.1, 0.15) is 11.7 Å². The predicted molar refractivity (Wildman–Crippen MR) is 129 cm³/mol. The number of aromatic amines is 1. The Labute approximate surface area is 185 Å². The van der Waals surface area contributed by atoms with Gasteiger partial charge in [-0.05, 0) is 33.5 Å². The lowest BCUT2D eigenvalue weighted by atomic mass is 10.3. The lowest BCUT2D eigenvalue weighted by molar-refractivity contribution is 0.155. The van der Waals surface area contributed by atoms with E-state index in [0.717, 1.165) is 57.2 Å². The summed E-state index contributed by atoms with van der Waals surface area (Å²) in [5, 5.41) is 17.4. The fraction of sp³-hybridized carbons (Fsp3) is 0.591. The summed E-state index contributed by atoms with van der Waals surface area (Å²) in [6.07, 6.45) is 4.34. The molecule has 1 saturated heterocycles. The molecule has 0 bridgehead atoms. The lowest BCUT2D eigenvalue weighted by Gasteiger charge is -2.32. The Hall–Kier alpha value is -2.49. The standard InChI is InChI=1S/C22H37N9/c1-17(2)15-24-16-26-21(27-22-13-19(28-29-22)18-5-6-18)14-20(23-3)25-7-8-31-11-9-30(4)10-12-31/h13-14,18,24-25H,1,3,5-12,15-16H2,2,4H3,(H2,26,27,28,29)/b20-14+. The molecule has 0 radical (unpaired) electrons. The van der Waals surface area contributed by atoms with Crippen LogP contribution in [0, 0.1) is 0 Å². The van der Waals surface area contributed by atoms with Gasteiger partial charge in [0.25, 0.3) is 0 Å². The van der Waals surface area contributed by atoms with Crippen LogP contribution in [0.4, 0.5) is 5.82 Å². The number of amidine groups is 1. The van der Waals surface area contributed by atoms with Crippen LogP contribution in [0.1, 0.15) is 31.4 Å². The van der Waals surface area contributed by atoms with E-state index in [1.54, 1.807) is 0 Å². The van der Waals surface area contributed by atoms with Crippen LogP contribution < -0.4 is 16.0 Å². The number of nitrogens with zero attached hydrogens (tertiary/aromatic N) is 5. The van der Waals surface area contributed by atoms with E-state index in [0.29, 0.717) is 24.2 Å². The summed E-state index contributed by atoms with van der Waals surface area (Å²) < 4.78 is 0. The first-order valence-corrected chi connectivity index (χ1v) is 11.1. The van der Waals surface area contributed by atoms with Gasteiger partial charge < -0.3 is 15.5 Å². The third-order valence-electron chi connectivity index (χ3n) is 5.43. The minimum absolute atomic E-state index is 0.470. The van der Waals surface area contributed by atoms with Crippen LogP contribution in [0.3, 0.4) is 0 Å². The van der Waals surface area contributed by atoms with Gasteiger partial charge in [0, 0.05) is 69.6 Å². The van der Waals surface area contributed by atoms with Crippen molar-refractivity contribution < 1.29 is 0 Å². The molecule has 2 heterocycles. The Kier molecular flexibility index (Phi) is 8.81. The summed E-state index contributed by atoms with van der Waals surface area (Å²) in [6.45, 7) is 17.0. The monoisotopic (exact) mass is 427 g/mol. The third-order valence-corrected chi connectivity index (χ3v) is 5.43. The summed E-state index contributed by atoms with van der Waals surface area (Å²) in [5.74, 6) is 2.76. The maximum absolute atomic E-state index is 4.63. The summed E-state index contributed by atoms with van der Waals surface area (Å²) in [6, 6.07) is 2.06. The molecule has 0 spiro atoms. The first-order chi connectivity index (χ1) is 15.0. The van der Waals surface area contributed by atoms with Gasteiger partial charge in [-0.15, -0.1) is 0 Å². The molecular formula is C22H37N9. The molecule has 2 fully saturated rings. The largest absolute Gasteiger partial charge is 0.369 e. The van der Waals surface area contributed by atoms with Gasteiger partial charge in [-0.25, -0.2) is 4.99 Å². The first-order valence-electron chi connectivity index (χ1n) is 11.1. The second kappa shape index (κ2) is 11.8. The molecule has 1 saturated carbocycles. The molecule has 1 aliphatic carbocycles. The minimum atomic E-state index is 0.470. The first kappa shape index (κ1) is 23.2. The van der Waals surface area contributed by atoms with Gasteiger partial charge in [-0.1, -0.05) is 12.2 Å². The highest BCUT2D eigenvalue weighted by Crippen LogP contribution is 2.39. The van der Waals surface area contributed by atoms with Gasteiger partial charge in [-0.3, -0.25) is 20.3 Å². The van der Waals surface area contributed by atoms with Crippen LogP contribution in [-0.4, -0.2) is 92.1 Å². The maximum atomic E-state index is 4.63. The number of piperazine rings is 1. The predicted octanol–water partition coefficient (Wildman–Crippen LogP) is 1.60. The quantitative estimate of drug-likeness (QED) is 0.175. The van der Waals surface area contributed by atoms with Crippen LogP contribution in [-0.2, 0) is 0 Å². The van der Waals surface area contributed by atoms with Crippen LogP contribution in [0.2, 0.25) is 0 Å². The molecule has 1 aliphatic heterocycles. The third kappa shape index (κ3) is 8.28. The second-order valence-corrected chi connectivity index (χ2v) is 8.45. The van der Waals surface area contributed by atoms with Crippen molar-refractivity contribution in [3.63, 3.8) is 0 Å². The normalized spacial score (nSPS) is 18.8. The summed E-state index contributed by atoms with van der Waals surface area (Å²) in [5.41, 5.74) is 2.25. The van der Waals surface area contributed by atoms with Crippen LogP contribution in [0.15, 0.2) is 40.1 Å². The lowest BCUT2D eigenvalue weighted by Crippen LogP contribution is -2.46. The van der Waals surface area contributed by atoms with Crippen LogP contribution in [0.25, 0.3) is 0 Å². The number of likely N-dealkylation sites (N-methyl/N-ethyl adjacent to an activating group) is 1. The van der Waals surface area contributed by atoms with E-state index in [1.807, 2.05) is 13.0 Å². The van der Waals surface area contributed by atoms with E-state index in [2.05, 4.69) is 72.3 Å². The SMILES string of the molecule is C=N/C(=C\C(=N/CNCC(=C)C)Nc1cc(C2CC2)[nH]n1)NCCN1CCN(C)CC1. The number of H-pyrrole nitrogens is 1. The number of hydrogen-bond acceptors (Lipinski definition) is 7. The fourth-order valence-electron chi connectivity index (χ4n) is 3.36. The molecule has 1 aromatic heterocycles. The molecule has 31 heavy (non-hydrogen) atoms. The summed E-state index contributed by atoms with van der Waals surface area (Å²) in [4.78, 5) is 13.6. The van der Waals surface area contributed by atoms with Crippen molar-refractivity contribution in [2.24, 2.45) is 9.98 Å². The highest BCUT2D eigenvalue weighted by atomic mass is 15.3. The molecule has 0 unspecified atom stereocenters. The zero-order chi connectivity index (χ0) is 22.1. The number of aliphatic imine (C=N–C) groups is 2. The fourth-order valence-corrected chi connectivity index (χ4v) is 3.36. The molecular weight excluding hydrogens is 390 g/mol. The van der Waals surface area contributed by atoms with Gasteiger partial charge in [0.2, 0.25) is 0 Å². The van der Waals surface area contributed by atoms with E-state index in [1.165, 1.54) is 18.5 Å². The van der Waals surface area contributed by atoms with Gasteiger partial charge in [0.15, 0.2) is 5.82 Å². The molecule has 170 valence electrons. The van der Waals surface area contributed by atoms with Crippen molar-refractivity contribution in [1.29, 1.82) is 0 Å². The molecule has 3 rings (SSSR count). The zero-order valence-corrected chi connectivity index (χ0v) is 19.0. The van der Waals surface area contributed by atoms with Gasteiger partial charge in [-0.2, -0.15) is 5.10 Å². The van der Waals surface area contributed by atoms with Crippen molar-refractivity contribution in [1.82, 2.24) is 30.6 Å². The van der Waals surface area contributed by atoms with Crippen molar-refractivity contribution in [2.75, 3.05) is 64.8 Å². The minimum Gasteiger partial charge on any atom is -0.369 e. The topological polar surface area (TPSA) is 96.0 Å². The van der Waals surface area contributed by atoms with E-state index in [-0.39, 0.29) is 0 Å². The smallest absolute Gasteiger partial charge is 0.153 e. The number of nitrogens with one attached hydrogen (secondary N) is 4. The Bertz CT molecular complexity index is 783. The Morgan fingerprint density at radius 2 is 2.10 bits per heavy atom. The average molecular weight is 428 g/mol. The van der Waals surface area contributed by atoms with Crippen LogP contribution in [0.5, 0.6) is 0 Å². The number of rotatable bonds is 12. The zero-order valence-electron chi connectivity index (χ0n) is 19.0. The maximum Gasteiger partial charge on any atom is 0.153 e. The molecule has 1 aromatic rings. The number of hydrogen-bond donors (Lipinski definition) is 4. The van der Waals surface area contributed by atoms with Crippen LogP contribution >= 0.6 is 0 Å². The number of anilines is 1. The highest BCUT2D eigenvalue weighted by Gasteiger charge is 2.25. The molecule has 2 aliphatic rings. The Morgan fingerprint density at radius 1 is 1.32 bits per heavy atom. The van der Waals surface area contributed by atoms with E-state index >= 15 is 0 Å². The summed E-state index contributed by atoms with van der Waals surface area (Å²) in [7, 11) is 2.17. The summed E-state index contributed by atoms with van der Waals surface area (Å²) >= 11 is 0. The van der Waals surface area contributed by atoms with Crippen molar-refractivity contribution in [2.45, 2.75) is 25.7 Å². The molecule has 9 heteroatoms. The number of aromatic nitrogens is 2. The van der Waals surface area contributed by atoms with Crippen molar-refractivity contribution in [3.8, 4) is 0 Å². The van der Waals surface area contributed by atoms with Crippen molar-refractivity contribution in [3.05, 3.63) is 35.8 Å². The Morgan fingerprint density at radius 3 is 2.77 bits per heavy atom. The van der Waals surface area contributed by atoms with E-state index in [9.17, 15) is 0 Å². The van der Waals surface area contributed by atoms with Gasteiger partial charge in [0.05, 0.1) is 6.67 Å². The molecule has 0 amide bonds. The average Bonchev–Trinajstić information content (AvgIpc) is 3.50. The highest BCUT2D eigenvalue weighted by molar-refractivity contribution is 6.03. The second-order valence-electron chi connectivity index (χ2n) is 8.45. The molecule has 0 aromatic carbocycles. The Balaban J connectivity index is 1.57.